The van der Waals surface area contributed by atoms with Crippen molar-refractivity contribution in [3.8, 4) is 0 Å². The van der Waals surface area contributed by atoms with Gasteiger partial charge in [-0.3, -0.25) is 4.79 Å². The first kappa shape index (κ1) is 13.7. The number of hydrogen-bond donors (Lipinski definition) is 2. The molecule has 104 valence electrons. The molecule has 2 rings (SSSR count). The first-order valence-corrected chi connectivity index (χ1v) is 6.46. The number of ether oxygens (including phenoxy) is 1. The molecule has 1 aromatic rings. The predicted octanol–water partition coefficient (Wildman–Crippen LogP) is 1.06. The number of methoxy groups -OCH3 is 1. The van der Waals surface area contributed by atoms with E-state index in [0.29, 0.717) is 18.1 Å². The van der Waals surface area contributed by atoms with Crippen molar-refractivity contribution in [2.75, 3.05) is 32.6 Å². The molecule has 1 aliphatic carbocycles. The van der Waals surface area contributed by atoms with Gasteiger partial charge >= 0.3 is 0 Å². The van der Waals surface area contributed by atoms with E-state index in [2.05, 4.69) is 20.6 Å². The van der Waals surface area contributed by atoms with Crippen molar-refractivity contribution in [2.45, 2.75) is 19.3 Å². The normalized spacial score (nSPS) is 15.9. The second kappa shape index (κ2) is 5.97. The fourth-order valence-electron chi connectivity index (χ4n) is 1.94. The van der Waals surface area contributed by atoms with Crippen LogP contribution >= 0.6 is 0 Å². The van der Waals surface area contributed by atoms with Crippen molar-refractivity contribution in [1.29, 1.82) is 0 Å². The topological polar surface area (TPSA) is 76.1 Å². The SMILES string of the molecule is CNc1cnc(C(=O)NCC2(CCOC)CC2)cn1. The maximum Gasteiger partial charge on any atom is 0.271 e. The predicted molar refractivity (Wildman–Crippen MR) is 72.1 cm³/mol. The maximum atomic E-state index is 11.9. The number of nitrogens with zero attached hydrogens (tertiary/aromatic N) is 2. The Morgan fingerprint density at radius 2 is 2.21 bits per heavy atom. The Hall–Kier alpha value is -1.69. The van der Waals surface area contributed by atoms with E-state index < -0.39 is 0 Å². The summed E-state index contributed by atoms with van der Waals surface area (Å²) in [6.07, 6.45) is 6.33. The molecule has 0 aromatic carbocycles. The molecule has 1 amide bonds. The smallest absolute Gasteiger partial charge is 0.271 e. The van der Waals surface area contributed by atoms with Crippen LogP contribution in [0.3, 0.4) is 0 Å². The summed E-state index contributed by atoms with van der Waals surface area (Å²) < 4.78 is 5.09. The zero-order valence-corrected chi connectivity index (χ0v) is 11.4. The molecule has 6 heteroatoms. The third-order valence-electron chi connectivity index (χ3n) is 3.56. The van der Waals surface area contributed by atoms with E-state index in [9.17, 15) is 4.79 Å². The Balaban J connectivity index is 1.83. The fourth-order valence-corrected chi connectivity index (χ4v) is 1.94. The van der Waals surface area contributed by atoms with Crippen LogP contribution < -0.4 is 10.6 Å². The molecular formula is C13H20N4O2. The molecule has 19 heavy (non-hydrogen) atoms. The summed E-state index contributed by atoms with van der Waals surface area (Å²) in [5, 5.41) is 5.79. The summed E-state index contributed by atoms with van der Waals surface area (Å²) in [6.45, 7) is 1.43. The average Bonchev–Trinajstić information content (AvgIpc) is 3.23. The van der Waals surface area contributed by atoms with Crippen LogP contribution in [0.1, 0.15) is 29.8 Å². The van der Waals surface area contributed by atoms with Gasteiger partial charge in [-0.15, -0.1) is 0 Å². The third-order valence-corrected chi connectivity index (χ3v) is 3.56. The Labute approximate surface area is 113 Å². The Kier molecular flexibility index (Phi) is 4.31. The van der Waals surface area contributed by atoms with Crippen LogP contribution in [0.4, 0.5) is 5.82 Å². The van der Waals surface area contributed by atoms with E-state index in [1.54, 1.807) is 20.4 Å². The minimum atomic E-state index is -0.168. The van der Waals surface area contributed by atoms with Crippen LogP contribution in [0.2, 0.25) is 0 Å². The average molecular weight is 264 g/mol. The fraction of sp³-hybridized carbons (Fsp3) is 0.615. The minimum Gasteiger partial charge on any atom is -0.385 e. The molecule has 0 bridgehead atoms. The number of nitrogens with one attached hydrogen (secondary N) is 2. The number of carbonyl (C=O) groups excluding carboxylic acids is 1. The lowest BCUT2D eigenvalue weighted by molar-refractivity contribution is 0.0932. The highest BCUT2D eigenvalue weighted by molar-refractivity contribution is 5.92. The van der Waals surface area contributed by atoms with Gasteiger partial charge in [-0.2, -0.15) is 0 Å². The van der Waals surface area contributed by atoms with Crippen molar-refractivity contribution < 1.29 is 9.53 Å². The molecule has 1 heterocycles. The molecule has 1 fully saturated rings. The molecule has 0 aliphatic heterocycles. The monoisotopic (exact) mass is 264 g/mol. The lowest BCUT2D eigenvalue weighted by atomic mass is 10.0. The maximum absolute atomic E-state index is 11.9. The first-order chi connectivity index (χ1) is 9.19. The standard InChI is InChI=1S/C13H20N4O2/c1-14-11-8-15-10(7-16-11)12(18)17-9-13(3-4-13)5-6-19-2/h7-8H,3-6,9H2,1-2H3,(H,14,16)(H,17,18). The van der Waals surface area contributed by atoms with E-state index in [1.807, 2.05) is 0 Å². The Morgan fingerprint density at radius 1 is 1.42 bits per heavy atom. The van der Waals surface area contributed by atoms with Crippen LogP contribution in [0, 0.1) is 5.41 Å². The molecule has 1 aromatic heterocycles. The highest BCUT2D eigenvalue weighted by atomic mass is 16.5. The zero-order valence-electron chi connectivity index (χ0n) is 11.4. The van der Waals surface area contributed by atoms with Gasteiger partial charge in [0.25, 0.3) is 5.91 Å². The Bertz CT molecular complexity index is 429. The van der Waals surface area contributed by atoms with Crippen molar-refractivity contribution >= 4 is 11.7 Å². The molecule has 1 aliphatic rings. The van der Waals surface area contributed by atoms with Gasteiger partial charge in [0.1, 0.15) is 11.5 Å². The molecular weight excluding hydrogens is 244 g/mol. The van der Waals surface area contributed by atoms with Gasteiger partial charge in [0.15, 0.2) is 0 Å². The van der Waals surface area contributed by atoms with Crippen molar-refractivity contribution in [2.24, 2.45) is 5.41 Å². The number of anilines is 1. The van der Waals surface area contributed by atoms with Gasteiger partial charge in [-0.05, 0) is 24.7 Å². The van der Waals surface area contributed by atoms with E-state index in [4.69, 9.17) is 4.74 Å². The molecule has 2 N–H and O–H groups in total. The first-order valence-electron chi connectivity index (χ1n) is 6.46. The highest BCUT2D eigenvalue weighted by Crippen LogP contribution is 2.48. The number of rotatable bonds is 7. The van der Waals surface area contributed by atoms with Crippen molar-refractivity contribution in [3.05, 3.63) is 18.1 Å². The molecule has 6 nitrogen and oxygen atoms in total. The summed E-state index contributed by atoms with van der Waals surface area (Å²) in [5.74, 6) is 0.481. The van der Waals surface area contributed by atoms with Gasteiger partial charge in [0.2, 0.25) is 0 Å². The molecule has 0 radical (unpaired) electrons. The van der Waals surface area contributed by atoms with Gasteiger partial charge in [-0.1, -0.05) is 0 Å². The Morgan fingerprint density at radius 3 is 2.74 bits per heavy atom. The summed E-state index contributed by atoms with van der Waals surface area (Å²) >= 11 is 0. The number of amides is 1. The quantitative estimate of drug-likeness (QED) is 0.770. The van der Waals surface area contributed by atoms with Crippen molar-refractivity contribution in [1.82, 2.24) is 15.3 Å². The van der Waals surface area contributed by atoms with Gasteiger partial charge in [-0.25, -0.2) is 9.97 Å². The second-order valence-corrected chi connectivity index (χ2v) is 4.96. The highest BCUT2D eigenvalue weighted by Gasteiger charge is 2.42. The van der Waals surface area contributed by atoms with E-state index in [1.165, 1.54) is 6.20 Å². The molecule has 1 saturated carbocycles. The number of carbonyl (C=O) groups is 1. The van der Waals surface area contributed by atoms with Gasteiger partial charge < -0.3 is 15.4 Å². The van der Waals surface area contributed by atoms with Gasteiger partial charge in [0.05, 0.1) is 12.4 Å². The van der Waals surface area contributed by atoms with Crippen molar-refractivity contribution in [3.63, 3.8) is 0 Å². The summed E-state index contributed by atoms with van der Waals surface area (Å²) in [5.41, 5.74) is 0.589. The lowest BCUT2D eigenvalue weighted by Crippen LogP contribution is -2.31. The minimum absolute atomic E-state index is 0.168. The van der Waals surface area contributed by atoms with E-state index in [-0.39, 0.29) is 11.3 Å². The van der Waals surface area contributed by atoms with Crippen LogP contribution in [-0.2, 0) is 4.74 Å². The van der Waals surface area contributed by atoms with E-state index >= 15 is 0 Å². The largest absolute Gasteiger partial charge is 0.385 e. The summed E-state index contributed by atoms with van der Waals surface area (Å²) in [7, 11) is 3.46. The van der Waals surface area contributed by atoms with Crippen LogP contribution in [-0.4, -0.2) is 43.2 Å². The number of hydrogen-bond acceptors (Lipinski definition) is 5. The van der Waals surface area contributed by atoms with Crippen LogP contribution in [0.15, 0.2) is 12.4 Å². The zero-order chi connectivity index (χ0) is 13.7. The summed E-state index contributed by atoms with van der Waals surface area (Å²) in [6, 6.07) is 0. The lowest BCUT2D eigenvalue weighted by Gasteiger charge is -2.15. The van der Waals surface area contributed by atoms with Gasteiger partial charge in [0, 0.05) is 27.3 Å². The summed E-state index contributed by atoms with van der Waals surface area (Å²) in [4.78, 5) is 20.1. The second-order valence-electron chi connectivity index (χ2n) is 4.96. The molecule has 0 saturated heterocycles. The van der Waals surface area contributed by atoms with Crippen LogP contribution in [0.5, 0.6) is 0 Å². The van der Waals surface area contributed by atoms with Crippen LogP contribution in [0.25, 0.3) is 0 Å². The van der Waals surface area contributed by atoms with E-state index in [0.717, 1.165) is 25.9 Å². The third kappa shape index (κ3) is 3.64. The molecule has 0 unspecified atom stereocenters. The molecule has 0 spiro atoms. The molecule has 0 atom stereocenters. The number of aromatic nitrogens is 2.